The number of amides is 1. The van der Waals surface area contributed by atoms with Gasteiger partial charge in [-0.15, -0.1) is 0 Å². The van der Waals surface area contributed by atoms with Crippen LogP contribution in [0.2, 0.25) is 0 Å². The lowest BCUT2D eigenvalue weighted by Crippen LogP contribution is -2.45. The molecule has 1 aromatic rings. The van der Waals surface area contributed by atoms with Gasteiger partial charge in [-0.05, 0) is 49.4 Å². The van der Waals surface area contributed by atoms with E-state index in [1.54, 1.807) is 0 Å². The molecule has 1 atom stereocenters. The van der Waals surface area contributed by atoms with Crippen molar-refractivity contribution in [3.05, 3.63) is 34.4 Å². The Bertz CT molecular complexity index is 444. The second-order valence-corrected chi connectivity index (χ2v) is 5.28. The zero-order valence-electron chi connectivity index (χ0n) is 11.5. The average Bonchev–Trinajstić information content (AvgIpc) is 2.34. The fourth-order valence-corrected chi connectivity index (χ4v) is 2.37. The second-order valence-electron chi connectivity index (χ2n) is 5.28. The van der Waals surface area contributed by atoms with Crippen LogP contribution < -0.4 is 10.6 Å². The van der Waals surface area contributed by atoms with Gasteiger partial charge in [0.25, 0.3) is 0 Å². The van der Waals surface area contributed by atoms with Gasteiger partial charge in [0.2, 0.25) is 5.91 Å². The van der Waals surface area contributed by atoms with E-state index in [1.807, 2.05) is 0 Å². The molecule has 0 saturated carbocycles. The number of hydrogen-bond acceptors (Lipinski definition) is 2. The summed E-state index contributed by atoms with van der Waals surface area (Å²) in [6.07, 6.45) is 1.58. The molecule has 0 aromatic heterocycles. The number of hydrogen-bond donors (Lipinski definition) is 2. The number of aryl methyl sites for hydroxylation is 3. The number of nitrogens with one attached hydrogen (secondary N) is 2. The highest BCUT2D eigenvalue weighted by Gasteiger charge is 2.17. The van der Waals surface area contributed by atoms with Crippen molar-refractivity contribution in [2.24, 2.45) is 0 Å². The van der Waals surface area contributed by atoms with Crippen LogP contribution >= 0.6 is 0 Å². The minimum atomic E-state index is 0.176. The predicted octanol–water partition coefficient (Wildman–Crippen LogP) is 1.98. The first-order chi connectivity index (χ1) is 8.56. The van der Waals surface area contributed by atoms with E-state index < -0.39 is 0 Å². The molecule has 1 unspecified atom stereocenters. The van der Waals surface area contributed by atoms with E-state index in [0.29, 0.717) is 12.5 Å². The van der Waals surface area contributed by atoms with Crippen molar-refractivity contribution in [2.75, 3.05) is 6.54 Å². The van der Waals surface area contributed by atoms with Crippen LogP contribution in [0, 0.1) is 20.8 Å². The van der Waals surface area contributed by atoms with Crippen molar-refractivity contribution in [1.29, 1.82) is 0 Å². The molecule has 2 rings (SSSR count). The molecule has 3 heteroatoms. The van der Waals surface area contributed by atoms with Crippen molar-refractivity contribution >= 4 is 5.91 Å². The van der Waals surface area contributed by atoms with Crippen LogP contribution in [0.5, 0.6) is 0 Å². The van der Waals surface area contributed by atoms with Crippen molar-refractivity contribution in [3.63, 3.8) is 0 Å². The monoisotopic (exact) mass is 246 g/mol. The third-order valence-electron chi connectivity index (χ3n) is 3.80. The largest absolute Gasteiger partial charge is 0.355 e. The highest BCUT2D eigenvalue weighted by molar-refractivity contribution is 5.76. The van der Waals surface area contributed by atoms with Crippen LogP contribution in [-0.4, -0.2) is 18.5 Å². The first kappa shape index (κ1) is 13.1. The van der Waals surface area contributed by atoms with Gasteiger partial charge in [0.05, 0.1) is 0 Å². The lowest BCUT2D eigenvalue weighted by molar-refractivity contribution is -0.122. The number of rotatable bonds is 3. The Labute approximate surface area is 109 Å². The van der Waals surface area contributed by atoms with Crippen molar-refractivity contribution in [3.8, 4) is 0 Å². The van der Waals surface area contributed by atoms with Crippen LogP contribution in [0.15, 0.2) is 12.1 Å². The van der Waals surface area contributed by atoms with Gasteiger partial charge in [-0.2, -0.15) is 0 Å². The minimum absolute atomic E-state index is 0.176. The summed E-state index contributed by atoms with van der Waals surface area (Å²) < 4.78 is 0. The van der Waals surface area contributed by atoms with Crippen molar-refractivity contribution < 1.29 is 4.79 Å². The zero-order chi connectivity index (χ0) is 13.1. The maximum absolute atomic E-state index is 11.1. The summed E-state index contributed by atoms with van der Waals surface area (Å²) in [5.41, 5.74) is 5.39. The van der Waals surface area contributed by atoms with E-state index in [0.717, 1.165) is 19.5 Å². The molecular formula is C15H22N2O. The van der Waals surface area contributed by atoms with E-state index in [9.17, 15) is 4.79 Å². The summed E-state index contributed by atoms with van der Waals surface area (Å²) in [5.74, 6) is 0.176. The van der Waals surface area contributed by atoms with Gasteiger partial charge in [-0.1, -0.05) is 12.1 Å². The molecule has 18 heavy (non-hydrogen) atoms. The van der Waals surface area contributed by atoms with Crippen LogP contribution in [0.3, 0.4) is 0 Å². The molecule has 1 aliphatic heterocycles. The molecule has 1 saturated heterocycles. The molecule has 2 N–H and O–H groups in total. The predicted molar refractivity (Wildman–Crippen MR) is 73.5 cm³/mol. The molecule has 0 bridgehead atoms. The van der Waals surface area contributed by atoms with Gasteiger partial charge in [0, 0.05) is 25.6 Å². The smallest absolute Gasteiger partial charge is 0.220 e. The molecular weight excluding hydrogens is 224 g/mol. The second kappa shape index (κ2) is 5.53. The fraction of sp³-hybridized carbons (Fsp3) is 0.533. The van der Waals surface area contributed by atoms with Gasteiger partial charge in [-0.3, -0.25) is 4.79 Å². The molecule has 0 spiro atoms. The Hall–Kier alpha value is -1.35. The lowest BCUT2D eigenvalue weighted by atomic mass is 10.00. The van der Waals surface area contributed by atoms with Crippen LogP contribution in [0.1, 0.15) is 35.1 Å². The third-order valence-corrected chi connectivity index (χ3v) is 3.80. The van der Waals surface area contributed by atoms with E-state index in [-0.39, 0.29) is 5.91 Å². The average molecular weight is 246 g/mol. The topological polar surface area (TPSA) is 41.1 Å². The Balaban J connectivity index is 1.94. The summed E-state index contributed by atoms with van der Waals surface area (Å²) in [6.45, 7) is 8.09. The summed E-state index contributed by atoms with van der Waals surface area (Å²) in [6, 6.07) is 4.91. The third kappa shape index (κ3) is 3.10. The zero-order valence-corrected chi connectivity index (χ0v) is 11.5. The lowest BCUT2D eigenvalue weighted by Gasteiger charge is -2.24. The molecule has 1 fully saturated rings. The summed E-state index contributed by atoms with van der Waals surface area (Å²) in [4.78, 5) is 11.1. The number of piperidine rings is 1. The first-order valence-corrected chi connectivity index (χ1v) is 6.63. The van der Waals surface area contributed by atoms with Gasteiger partial charge in [0.15, 0.2) is 0 Å². The Morgan fingerprint density at radius 1 is 1.22 bits per heavy atom. The van der Waals surface area contributed by atoms with Crippen LogP contribution in [0.4, 0.5) is 0 Å². The minimum Gasteiger partial charge on any atom is -0.355 e. The standard InChI is InChI=1S/C15H22N2O/c1-10-6-12(3)13(7-11(10)2)8-16-14-4-5-15(18)17-9-14/h6-7,14,16H,4-5,8-9H2,1-3H3,(H,17,18). The normalized spacial score (nSPS) is 19.7. The molecule has 1 aromatic carbocycles. The van der Waals surface area contributed by atoms with Crippen molar-refractivity contribution in [2.45, 2.75) is 46.2 Å². The van der Waals surface area contributed by atoms with E-state index >= 15 is 0 Å². The first-order valence-electron chi connectivity index (χ1n) is 6.63. The SMILES string of the molecule is Cc1cc(C)c(CNC2CCC(=O)NC2)cc1C. The maximum Gasteiger partial charge on any atom is 0.220 e. The highest BCUT2D eigenvalue weighted by atomic mass is 16.1. The summed E-state index contributed by atoms with van der Waals surface area (Å²) in [5, 5.41) is 6.43. The van der Waals surface area contributed by atoms with E-state index in [4.69, 9.17) is 0 Å². The molecule has 0 radical (unpaired) electrons. The molecule has 98 valence electrons. The Morgan fingerprint density at radius 2 is 1.94 bits per heavy atom. The Kier molecular flexibility index (Phi) is 4.02. The molecule has 1 amide bonds. The number of carbonyl (C=O) groups excluding carboxylic acids is 1. The summed E-state index contributed by atoms with van der Waals surface area (Å²) >= 11 is 0. The molecule has 1 heterocycles. The van der Waals surface area contributed by atoms with Crippen LogP contribution in [0.25, 0.3) is 0 Å². The maximum atomic E-state index is 11.1. The van der Waals surface area contributed by atoms with E-state index in [1.165, 1.54) is 22.3 Å². The van der Waals surface area contributed by atoms with Crippen molar-refractivity contribution in [1.82, 2.24) is 10.6 Å². The molecule has 3 nitrogen and oxygen atoms in total. The van der Waals surface area contributed by atoms with Gasteiger partial charge >= 0.3 is 0 Å². The van der Waals surface area contributed by atoms with Gasteiger partial charge < -0.3 is 10.6 Å². The molecule has 1 aliphatic rings. The molecule has 0 aliphatic carbocycles. The van der Waals surface area contributed by atoms with Gasteiger partial charge in [-0.25, -0.2) is 0 Å². The van der Waals surface area contributed by atoms with E-state index in [2.05, 4.69) is 43.5 Å². The highest BCUT2D eigenvalue weighted by Crippen LogP contribution is 2.15. The quantitative estimate of drug-likeness (QED) is 0.856. The van der Waals surface area contributed by atoms with Gasteiger partial charge in [0.1, 0.15) is 0 Å². The number of carbonyl (C=O) groups is 1. The summed E-state index contributed by atoms with van der Waals surface area (Å²) in [7, 11) is 0. The number of benzene rings is 1. The van der Waals surface area contributed by atoms with Crippen LogP contribution in [-0.2, 0) is 11.3 Å². The fourth-order valence-electron chi connectivity index (χ4n) is 2.37. The Morgan fingerprint density at radius 3 is 2.61 bits per heavy atom.